The smallest absolute Gasteiger partial charge is 0.326 e. The minimum Gasteiger partial charge on any atom is -0.487 e. The van der Waals surface area contributed by atoms with Gasteiger partial charge in [0.25, 0.3) is 0 Å². The first-order valence-corrected chi connectivity index (χ1v) is 13.9. The van der Waals surface area contributed by atoms with E-state index in [1.807, 2.05) is 67.6 Å². The Kier molecular flexibility index (Phi) is 7.91. The van der Waals surface area contributed by atoms with Gasteiger partial charge in [-0.05, 0) is 49.2 Å². The number of ether oxygens (including phenoxy) is 1. The SMILES string of the molecule is Cc1ccc(OCc2ccccc2)c(Cn2c(=O)[nH]c3ccc(CO[S+](C)[C@H](C)C(C)(C)C)cc32)n1. The molecule has 1 unspecified atom stereocenters. The lowest BCUT2D eigenvalue weighted by molar-refractivity contribution is 0.300. The summed E-state index contributed by atoms with van der Waals surface area (Å²) in [5, 5.41) is 0.438. The molecule has 0 spiro atoms. The van der Waals surface area contributed by atoms with E-state index in [4.69, 9.17) is 13.9 Å². The van der Waals surface area contributed by atoms with Crippen LogP contribution >= 0.6 is 0 Å². The van der Waals surface area contributed by atoms with Crippen LogP contribution in [0.5, 0.6) is 5.75 Å². The third-order valence-corrected chi connectivity index (χ3v) is 8.78. The number of pyridine rings is 1. The molecular formula is C29H36N3O3S+. The predicted octanol–water partition coefficient (Wildman–Crippen LogP) is 5.77. The molecule has 0 radical (unpaired) electrons. The molecule has 36 heavy (non-hydrogen) atoms. The van der Waals surface area contributed by atoms with Gasteiger partial charge in [-0.3, -0.25) is 9.55 Å². The number of hydrogen-bond donors (Lipinski definition) is 1. The lowest BCUT2D eigenvalue weighted by Crippen LogP contribution is -2.32. The van der Waals surface area contributed by atoms with E-state index in [9.17, 15) is 4.79 Å². The number of fused-ring (bicyclic) bond motifs is 1. The van der Waals surface area contributed by atoms with Gasteiger partial charge >= 0.3 is 5.69 Å². The summed E-state index contributed by atoms with van der Waals surface area (Å²) in [5.74, 6) is 0.677. The van der Waals surface area contributed by atoms with Gasteiger partial charge in [0.2, 0.25) is 0 Å². The van der Waals surface area contributed by atoms with Crippen LogP contribution in [0.15, 0.2) is 65.5 Å². The van der Waals surface area contributed by atoms with Crippen molar-refractivity contribution >= 4 is 22.2 Å². The van der Waals surface area contributed by atoms with Crippen LogP contribution in [0.25, 0.3) is 11.0 Å². The van der Waals surface area contributed by atoms with Crippen LogP contribution in [0.1, 0.15) is 50.2 Å². The average molecular weight is 507 g/mol. The van der Waals surface area contributed by atoms with Crippen molar-refractivity contribution in [3.05, 3.63) is 93.7 Å². The Balaban J connectivity index is 1.56. The molecule has 2 aromatic carbocycles. The van der Waals surface area contributed by atoms with Crippen LogP contribution in [0.4, 0.5) is 0 Å². The normalized spacial score (nSPS) is 13.6. The van der Waals surface area contributed by atoms with Crippen molar-refractivity contribution in [1.29, 1.82) is 0 Å². The second kappa shape index (κ2) is 10.9. The number of nitrogens with one attached hydrogen (secondary N) is 1. The van der Waals surface area contributed by atoms with Gasteiger partial charge in [0, 0.05) is 11.1 Å². The third kappa shape index (κ3) is 6.20. The van der Waals surface area contributed by atoms with E-state index >= 15 is 0 Å². The first-order chi connectivity index (χ1) is 17.1. The Hall–Kier alpha value is -3.03. The van der Waals surface area contributed by atoms with Gasteiger partial charge in [-0.1, -0.05) is 57.2 Å². The summed E-state index contributed by atoms with van der Waals surface area (Å²) in [6, 6.07) is 19.9. The van der Waals surface area contributed by atoms with Gasteiger partial charge in [0.15, 0.2) is 5.25 Å². The van der Waals surface area contributed by atoms with Gasteiger partial charge in [0.1, 0.15) is 42.1 Å². The number of imidazole rings is 1. The van der Waals surface area contributed by atoms with Crippen LogP contribution in [0.2, 0.25) is 0 Å². The lowest BCUT2D eigenvalue weighted by atomic mass is 9.93. The lowest BCUT2D eigenvalue weighted by Gasteiger charge is -2.23. The molecule has 1 N–H and O–H groups in total. The molecular weight excluding hydrogens is 470 g/mol. The fourth-order valence-corrected chi connectivity index (χ4v) is 5.46. The molecule has 190 valence electrons. The topological polar surface area (TPSA) is 69.1 Å². The number of hydrogen-bond acceptors (Lipinski definition) is 4. The van der Waals surface area contributed by atoms with E-state index in [2.05, 4.69) is 38.9 Å². The van der Waals surface area contributed by atoms with Crippen molar-refractivity contribution in [2.75, 3.05) is 6.26 Å². The molecule has 0 bridgehead atoms. The molecule has 0 saturated heterocycles. The molecule has 2 heterocycles. The van der Waals surface area contributed by atoms with E-state index in [1.165, 1.54) is 0 Å². The number of aromatic nitrogens is 3. The molecule has 4 rings (SSSR count). The van der Waals surface area contributed by atoms with Crippen LogP contribution in [-0.2, 0) is 35.1 Å². The standard InChI is InChI=1S/C29H35N3O3S/c1-20-12-15-27(34-18-22-10-8-7-9-11-22)25(30-20)17-32-26-16-23(13-14-24(26)31-28(32)33)19-35-36(6)21(2)29(3,4)5/h7-16,21H,17-19H2,1-6H3/p+1/t21-,36?/m1/s1. The monoisotopic (exact) mass is 506 g/mol. The first kappa shape index (κ1) is 26.0. The van der Waals surface area contributed by atoms with E-state index in [1.54, 1.807) is 4.57 Å². The van der Waals surface area contributed by atoms with Crippen molar-refractivity contribution in [2.45, 2.75) is 59.6 Å². The van der Waals surface area contributed by atoms with Crippen molar-refractivity contribution in [3.8, 4) is 5.75 Å². The highest BCUT2D eigenvalue weighted by Gasteiger charge is 2.35. The zero-order valence-electron chi connectivity index (χ0n) is 22.0. The van der Waals surface area contributed by atoms with Crippen molar-refractivity contribution in [1.82, 2.24) is 14.5 Å². The summed E-state index contributed by atoms with van der Waals surface area (Å²) in [5.41, 5.74) is 5.36. The number of rotatable bonds is 9. The molecule has 0 aliphatic carbocycles. The average Bonchev–Trinajstić information content (AvgIpc) is 3.15. The summed E-state index contributed by atoms with van der Waals surface area (Å²) in [4.78, 5) is 20.6. The maximum absolute atomic E-state index is 12.9. The summed E-state index contributed by atoms with van der Waals surface area (Å²) >= 11 is -0.177. The van der Waals surface area contributed by atoms with E-state index in [0.717, 1.165) is 33.5 Å². The Morgan fingerprint density at radius 2 is 1.78 bits per heavy atom. The van der Waals surface area contributed by atoms with Crippen LogP contribution in [0.3, 0.4) is 0 Å². The number of H-pyrrole nitrogens is 1. The molecule has 2 atom stereocenters. The van der Waals surface area contributed by atoms with Gasteiger partial charge in [-0.25, -0.2) is 4.79 Å². The Morgan fingerprint density at radius 3 is 2.50 bits per heavy atom. The minimum atomic E-state index is -0.177. The zero-order valence-corrected chi connectivity index (χ0v) is 22.8. The molecule has 0 amide bonds. The Morgan fingerprint density at radius 1 is 1.03 bits per heavy atom. The highest BCUT2D eigenvalue weighted by atomic mass is 32.2. The highest BCUT2D eigenvalue weighted by molar-refractivity contribution is 7.92. The summed E-state index contributed by atoms with van der Waals surface area (Å²) in [6.07, 6.45) is 2.15. The number of benzene rings is 2. The number of aryl methyl sites for hydroxylation is 1. The maximum Gasteiger partial charge on any atom is 0.326 e. The molecule has 0 aliphatic heterocycles. The largest absolute Gasteiger partial charge is 0.487 e. The second-order valence-corrected chi connectivity index (χ2v) is 12.2. The van der Waals surface area contributed by atoms with Gasteiger partial charge in [-0.2, -0.15) is 4.18 Å². The summed E-state index contributed by atoms with van der Waals surface area (Å²) in [6.45, 7) is 12.2. The fraction of sp³-hybridized carbons (Fsp3) is 0.379. The first-order valence-electron chi connectivity index (χ1n) is 12.2. The van der Waals surface area contributed by atoms with E-state index in [-0.39, 0.29) is 22.3 Å². The van der Waals surface area contributed by atoms with Gasteiger partial charge in [-0.15, -0.1) is 0 Å². The van der Waals surface area contributed by atoms with Gasteiger partial charge < -0.3 is 9.72 Å². The molecule has 0 aliphatic rings. The molecule has 4 aromatic rings. The molecule has 6 nitrogen and oxygen atoms in total. The van der Waals surface area contributed by atoms with Gasteiger partial charge in [0.05, 0.1) is 17.6 Å². The van der Waals surface area contributed by atoms with Crippen molar-refractivity contribution in [2.24, 2.45) is 5.41 Å². The van der Waals surface area contributed by atoms with Crippen LogP contribution in [-0.4, -0.2) is 26.0 Å². The summed E-state index contributed by atoms with van der Waals surface area (Å²) in [7, 11) is 0. The molecule has 2 aromatic heterocycles. The quantitative estimate of drug-likeness (QED) is 0.293. The fourth-order valence-electron chi connectivity index (χ4n) is 3.93. The van der Waals surface area contributed by atoms with Crippen LogP contribution < -0.4 is 10.4 Å². The predicted molar refractivity (Wildman–Crippen MR) is 148 cm³/mol. The number of nitrogens with zero attached hydrogens (tertiary/aromatic N) is 2. The molecule has 0 fully saturated rings. The van der Waals surface area contributed by atoms with Crippen molar-refractivity contribution in [3.63, 3.8) is 0 Å². The maximum atomic E-state index is 12.9. The number of aromatic amines is 1. The Labute approximate surface area is 216 Å². The summed E-state index contributed by atoms with van der Waals surface area (Å²) < 4.78 is 14.1. The van der Waals surface area contributed by atoms with E-state index in [0.29, 0.717) is 30.8 Å². The molecule has 7 heteroatoms. The zero-order chi connectivity index (χ0) is 25.9. The van der Waals surface area contributed by atoms with E-state index < -0.39 is 0 Å². The molecule has 0 saturated carbocycles. The van der Waals surface area contributed by atoms with Crippen molar-refractivity contribution < 1.29 is 8.92 Å². The third-order valence-electron chi connectivity index (χ3n) is 6.59. The second-order valence-electron chi connectivity index (χ2n) is 10.3. The highest BCUT2D eigenvalue weighted by Crippen LogP contribution is 2.27. The Bertz CT molecular complexity index is 1370. The van der Waals surface area contributed by atoms with Crippen LogP contribution in [0, 0.1) is 12.3 Å². The minimum absolute atomic E-state index is 0.169.